The average molecular weight is 441 g/mol. The zero-order chi connectivity index (χ0) is 21.4. The molecule has 0 unspecified atom stereocenters. The molecule has 2 N–H and O–H groups in total. The van der Waals surface area contributed by atoms with Crippen LogP contribution < -0.4 is 10.5 Å². The lowest BCUT2D eigenvalue weighted by atomic mass is 9.86. The van der Waals surface area contributed by atoms with Gasteiger partial charge in [0.15, 0.2) is 0 Å². The molecular formula is C23H28N4O3S. The molecule has 1 saturated heterocycles. The van der Waals surface area contributed by atoms with Crippen LogP contribution in [0.25, 0.3) is 10.6 Å². The first-order valence-corrected chi connectivity index (χ1v) is 12.0. The van der Waals surface area contributed by atoms with Gasteiger partial charge in [-0.3, -0.25) is 9.59 Å². The number of likely N-dealkylation sites (tertiary alicyclic amines) is 1. The van der Waals surface area contributed by atoms with E-state index in [1.165, 1.54) is 37.3 Å². The molecule has 1 aromatic carbocycles. The first-order chi connectivity index (χ1) is 15.1. The number of amides is 2. The van der Waals surface area contributed by atoms with Crippen molar-refractivity contribution >= 4 is 23.2 Å². The number of nitrogens with zero attached hydrogens (tertiary/aromatic N) is 3. The SMILES string of the molecule is NC(=O)C(=O)N1CCc2nc(-c3ccc(OC4CC(N5CCCCC5)C4)cc3)sc2C1. The van der Waals surface area contributed by atoms with E-state index in [9.17, 15) is 9.59 Å². The van der Waals surface area contributed by atoms with Crippen LogP contribution in [0.3, 0.4) is 0 Å². The van der Waals surface area contributed by atoms with Crippen LogP contribution in [0.5, 0.6) is 5.75 Å². The maximum atomic E-state index is 11.9. The van der Waals surface area contributed by atoms with E-state index >= 15 is 0 Å². The molecule has 3 heterocycles. The summed E-state index contributed by atoms with van der Waals surface area (Å²) in [6.45, 7) is 3.37. The van der Waals surface area contributed by atoms with Gasteiger partial charge in [0.25, 0.3) is 0 Å². The number of fused-ring (bicyclic) bond motifs is 1. The van der Waals surface area contributed by atoms with E-state index in [-0.39, 0.29) is 0 Å². The second-order valence-corrected chi connectivity index (χ2v) is 9.80. The predicted octanol–water partition coefficient (Wildman–Crippen LogP) is 2.58. The minimum Gasteiger partial charge on any atom is -0.490 e. The molecule has 1 saturated carbocycles. The van der Waals surface area contributed by atoms with Gasteiger partial charge in [-0.25, -0.2) is 4.98 Å². The van der Waals surface area contributed by atoms with Gasteiger partial charge in [0.1, 0.15) is 16.9 Å². The summed E-state index contributed by atoms with van der Waals surface area (Å²) in [6, 6.07) is 8.84. The van der Waals surface area contributed by atoms with Crippen LogP contribution in [-0.2, 0) is 22.6 Å². The summed E-state index contributed by atoms with van der Waals surface area (Å²) in [5, 5.41) is 0.929. The van der Waals surface area contributed by atoms with Gasteiger partial charge in [0.2, 0.25) is 0 Å². The van der Waals surface area contributed by atoms with Gasteiger partial charge in [-0.05, 0) is 50.2 Å². The van der Waals surface area contributed by atoms with Crippen molar-refractivity contribution in [1.29, 1.82) is 0 Å². The number of rotatable bonds is 4. The van der Waals surface area contributed by atoms with Crippen molar-refractivity contribution in [2.75, 3.05) is 19.6 Å². The van der Waals surface area contributed by atoms with Gasteiger partial charge >= 0.3 is 11.8 Å². The van der Waals surface area contributed by atoms with E-state index in [2.05, 4.69) is 4.90 Å². The third-order valence-corrected chi connectivity index (χ3v) is 7.74. The highest BCUT2D eigenvalue weighted by Gasteiger charge is 2.35. The Hall–Kier alpha value is -2.45. The topological polar surface area (TPSA) is 88.8 Å². The zero-order valence-electron chi connectivity index (χ0n) is 17.6. The zero-order valence-corrected chi connectivity index (χ0v) is 18.4. The van der Waals surface area contributed by atoms with Gasteiger partial charge in [0, 0.05) is 42.3 Å². The predicted molar refractivity (Wildman–Crippen MR) is 119 cm³/mol. The number of piperidine rings is 1. The Kier molecular flexibility index (Phi) is 5.67. The Balaban J connectivity index is 1.18. The number of carbonyl (C=O) groups is 2. The van der Waals surface area contributed by atoms with Crippen molar-refractivity contribution in [2.45, 2.75) is 57.2 Å². The van der Waals surface area contributed by atoms with Crippen LogP contribution in [-0.4, -0.2) is 58.4 Å². The molecule has 0 spiro atoms. The highest BCUT2D eigenvalue weighted by molar-refractivity contribution is 7.15. The Morgan fingerprint density at radius 1 is 1.06 bits per heavy atom. The van der Waals surface area contributed by atoms with Crippen molar-refractivity contribution in [2.24, 2.45) is 5.73 Å². The van der Waals surface area contributed by atoms with Crippen LogP contribution in [0.2, 0.25) is 0 Å². The number of hydrogen-bond donors (Lipinski definition) is 1. The fraction of sp³-hybridized carbons (Fsp3) is 0.522. The number of carbonyl (C=O) groups excluding carboxylic acids is 2. The van der Waals surface area contributed by atoms with E-state index in [1.54, 1.807) is 11.3 Å². The number of benzene rings is 1. The molecule has 2 aromatic rings. The highest BCUT2D eigenvalue weighted by Crippen LogP contribution is 2.34. The van der Waals surface area contributed by atoms with Crippen LogP contribution in [0.15, 0.2) is 24.3 Å². The maximum Gasteiger partial charge on any atom is 0.311 e. The lowest BCUT2D eigenvalue weighted by molar-refractivity contribution is -0.144. The minimum atomic E-state index is -0.905. The van der Waals surface area contributed by atoms with E-state index in [0.29, 0.717) is 31.7 Å². The first-order valence-electron chi connectivity index (χ1n) is 11.2. The molecule has 1 aromatic heterocycles. The van der Waals surface area contributed by atoms with E-state index in [4.69, 9.17) is 15.5 Å². The van der Waals surface area contributed by atoms with Crippen molar-refractivity contribution in [3.63, 3.8) is 0 Å². The quantitative estimate of drug-likeness (QED) is 0.738. The van der Waals surface area contributed by atoms with Crippen molar-refractivity contribution in [1.82, 2.24) is 14.8 Å². The molecule has 2 aliphatic heterocycles. The average Bonchev–Trinajstić information content (AvgIpc) is 3.19. The Labute approximate surface area is 186 Å². The minimum absolute atomic E-state index is 0.318. The molecule has 164 valence electrons. The van der Waals surface area contributed by atoms with Crippen molar-refractivity contribution in [3.8, 4) is 16.3 Å². The van der Waals surface area contributed by atoms with E-state index in [1.807, 2.05) is 24.3 Å². The van der Waals surface area contributed by atoms with Crippen LogP contribution >= 0.6 is 11.3 Å². The van der Waals surface area contributed by atoms with Crippen LogP contribution in [0.4, 0.5) is 0 Å². The van der Waals surface area contributed by atoms with E-state index in [0.717, 1.165) is 39.7 Å². The molecule has 5 rings (SSSR count). The molecule has 3 aliphatic rings. The third kappa shape index (κ3) is 4.32. The number of ether oxygens (including phenoxy) is 1. The lowest BCUT2D eigenvalue weighted by Crippen LogP contribution is -2.50. The first kappa shape index (κ1) is 20.5. The summed E-state index contributed by atoms with van der Waals surface area (Å²) in [7, 11) is 0. The van der Waals surface area contributed by atoms with Gasteiger partial charge in [0.05, 0.1) is 12.2 Å². The van der Waals surface area contributed by atoms with Gasteiger partial charge in [-0.15, -0.1) is 11.3 Å². The normalized spacial score (nSPS) is 23.7. The van der Waals surface area contributed by atoms with Crippen LogP contribution in [0.1, 0.15) is 42.7 Å². The van der Waals surface area contributed by atoms with Crippen molar-refractivity contribution in [3.05, 3.63) is 34.8 Å². The summed E-state index contributed by atoms with van der Waals surface area (Å²) >= 11 is 1.57. The molecule has 0 bridgehead atoms. The summed E-state index contributed by atoms with van der Waals surface area (Å²) in [5.41, 5.74) is 7.18. The summed E-state index contributed by atoms with van der Waals surface area (Å²) in [5.74, 6) is -0.622. The summed E-state index contributed by atoms with van der Waals surface area (Å²) in [4.78, 5) is 33.0. The molecule has 0 atom stereocenters. The van der Waals surface area contributed by atoms with Gasteiger partial charge in [-0.1, -0.05) is 6.42 Å². The third-order valence-electron chi connectivity index (χ3n) is 6.61. The molecule has 31 heavy (non-hydrogen) atoms. The van der Waals surface area contributed by atoms with Crippen molar-refractivity contribution < 1.29 is 14.3 Å². The smallest absolute Gasteiger partial charge is 0.311 e. The number of primary amides is 1. The van der Waals surface area contributed by atoms with E-state index < -0.39 is 11.8 Å². The second-order valence-electron chi connectivity index (χ2n) is 8.72. The number of hydrogen-bond acceptors (Lipinski definition) is 6. The standard InChI is InChI=1S/C23H28N4O3S/c24-21(28)23(29)27-11-8-19-20(14-27)31-22(25-19)15-4-6-17(7-5-15)30-18-12-16(13-18)26-9-2-1-3-10-26/h4-7,16,18H,1-3,8-14H2,(H2,24,28). The Morgan fingerprint density at radius 2 is 1.81 bits per heavy atom. The fourth-order valence-electron chi connectivity index (χ4n) is 4.73. The summed E-state index contributed by atoms with van der Waals surface area (Å²) < 4.78 is 6.17. The van der Waals surface area contributed by atoms with Crippen LogP contribution in [0, 0.1) is 0 Å². The molecule has 8 heteroatoms. The number of aromatic nitrogens is 1. The molecule has 0 radical (unpaired) electrons. The maximum absolute atomic E-state index is 11.9. The largest absolute Gasteiger partial charge is 0.490 e. The monoisotopic (exact) mass is 440 g/mol. The Morgan fingerprint density at radius 3 is 2.52 bits per heavy atom. The molecule has 2 amide bonds. The molecule has 1 aliphatic carbocycles. The fourth-order valence-corrected chi connectivity index (χ4v) is 5.86. The number of nitrogens with two attached hydrogens (primary N) is 1. The molecule has 2 fully saturated rings. The highest BCUT2D eigenvalue weighted by atomic mass is 32.1. The van der Waals surface area contributed by atoms with Gasteiger partial charge < -0.3 is 20.3 Å². The molecular weight excluding hydrogens is 412 g/mol. The van der Waals surface area contributed by atoms with Gasteiger partial charge in [-0.2, -0.15) is 0 Å². The lowest BCUT2D eigenvalue weighted by Gasteiger charge is -2.44. The molecule has 7 nitrogen and oxygen atoms in total. The number of thiazole rings is 1. The Bertz CT molecular complexity index is 962. The second kappa shape index (κ2) is 8.59. The summed E-state index contributed by atoms with van der Waals surface area (Å²) in [6.07, 6.45) is 7.27.